The van der Waals surface area contributed by atoms with Crippen molar-refractivity contribution in [2.24, 2.45) is 7.05 Å². The van der Waals surface area contributed by atoms with E-state index in [4.69, 9.17) is 26.1 Å². The summed E-state index contributed by atoms with van der Waals surface area (Å²) in [5, 5.41) is 13.7. The molecule has 232 valence electrons. The van der Waals surface area contributed by atoms with Crippen molar-refractivity contribution < 1.29 is 33.0 Å². The van der Waals surface area contributed by atoms with Gasteiger partial charge in [0.05, 0.1) is 12.2 Å². The summed E-state index contributed by atoms with van der Waals surface area (Å²) < 4.78 is 43.3. The number of amides is 1. The van der Waals surface area contributed by atoms with Crippen molar-refractivity contribution in [3.05, 3.63) is 80.6 Å². The first-order valence-corrected chi connectivity index (χ1v) is 14.6. The van der Waals surface area contributed by atoms with Crippen molar-refractivity contribution in [2.75, 3.05) is 6.61 Å². The molecule has 1 atom stereocenters. The summed E-state index contributed by atoms with van der Waals surface area (Å²) in [5.74, 6) is -2.68. The van der Waals surface area contributed by atoms with Gasteiger partial charge in [0.1, 0.15) is 17.2 Å². The van der Waals surface area contributed by atoms with Crippen molar-refractivity contribution in [1.29, 1.82) is 0 Å². The summed E-state index contributed by atoms with van der Waals surface area (Å²) in [5.41, 5.74) is 2.77. The smallest absolute Gasteiger partial charge is 0.337 e. The van der Waals surface area contributed by atoms with Gasteiger partial charge in [-0.1, -0.05) is 17.7 Å². The molecule has 8 nitrogen and oxygen atoms in total. The zero-order chi connectivity index (χ0) is 32.1. The molecule has 44 heavy (non-hydrogen) atoms. The number of aryl methyl sites for hydroxylation is 2. The molecule has 0 radical (unpaired) electrons. The van der Waals surface area contributed by atoms with Gasteiger partial charge in [0, 0.05) is 51.9 Å². The number of pyridine rings is 1. The lowest BCUT2D eigenvalue weighted by Crippen LogP contribution is -2.28. The number of halogens is 3. The second-order valence-electron chi connectivity index (χ2n) is 11.9. The van der Waals surface area contributed by atoms with Gasteiger partial charge < -0.3 is 24.5 Å². The number of aromatic nitrogens is 2. The Morgan fingerprint density at radius 1 is 1.20 bits per heavy atom. The topological polar surface area (TPSA) is 103 Å². The standard InChI is InChI=1S/C33H34ClF2N3O5/c1-16-18-9-8-12-43-28(18)24(36)13-19(16)27-20-14-25(31(40)37-15-21-22(34)10-7-11-23(21)35)39(6)30(20)38-17(2)26(27)29(32(41)42)44-33(3,4)5/h7,10-11,13-14,29H,8-9,12,15H2,1-6H3,(H,37,40)(H,41,42)/t29-/m0/s1. The molecule has 0 spiro atoms. The number of carbonyl (C=O) groups excluding carboxylic acids is 1. The quantitative estimate of drug-likeness (QED) is 0.230. The Morgan fingerprint density at radius 3 is 2.59 bits per heavy atom. The predicted molar refractivity (Wildman–Crippen MR) is 163 cm³/mol. The normalized spacial score (nSPS) is 13.8. The van der Waals surface area contributed by atoms with Crippen molar-refractivity contribution in [2.45, 2.75) is 65.7 Å². The molecule has 0 bridgehead atoms. The van der Waals surface area contributed by atoms with E-state index >= 15 is 4.39 Å². The van der Waals surface area contributed by atoms with Crippen LogP contribution in [0, 0.1) is 25.5 Å². The number of nitrogens with one attached hydrogen (secondary N) is 1. The van der Waals surface area contributed by atoms with Gasteiger partial charge in [-0.3, -0.25) is 4.79 Å². The third-order valence-corrected chi connectivity index (χ3v) is 8.14. The number of carboxylic acids is 1. The minimum atomic E-state index is -1.45. The summed E-state index contributed by atoms with van der Waals surface area (Å²) in [6.07, 6.45) is -0.144. The van der Waals surface area contributed by atoms with E-state index in [1.165, 1.54) is 24.3 Å². The third kappa shape index (κ3) is 5.76. The van der Waals surface area contributed by atoms with Gasteiger partial charge in [-0.25, -0.2) is 18.6 Å². The summed E-state index contributed by atoms with van der Waals surface area (Å²) >= 11 is 6.15. The first-order valence-electron chi connectivity index (χ1n) is 14.3. The fourth-order valence-electron chi connectivity index (χ4n) is 5.75. The molecule has 1 aliphatic heterocycles. The number of nitrogens with zero attached hydrogens (tertiary/aromatic N) is 2. The minimum Gasteiger partial charge on any atom is -0.490 e. The Morgan fingerprint density at radius 2 is 1.93 bits per heavy atom. The fraction of sp³-hybridized carbons (Fsp3) is 0.364. The van der Waals surface area contributed by atoms with Crippen LogP contribution in [0.3, 0.4) is 0 Å². The predicted octanol–water partition coefficient (Wildman–Crippen LogP) is 6.98. The molecule has 3 heterocycles. The average molecular weight is 626 g/mol. The van der Waals surface area contributed by atoms with E-state index in [-0.39, 0.29) is 34.1 Å². The highest BCUT2D eigenvalue weighted by Gasteiger charge is 2.35. The molecule has 0 saturated carbocycles. The molecule has 0 fully saturated rings. The monoisotopic (exact) mass is 625 g/mol. The lowest BCUT2D eigenvalue weighted by Gasteiger charge is -2.29. The zero-order valence-corrected chi connectivity index (χ0v) is 26.2. The van der Waals surface area contributed by atoms with Gasteiger partial charge in [-0.2, -0.15) is 0 Å². The Bertz CT molecular complexity index is 1790. The molecule has 0 saturated heterocycles. The molecule has 2 N–H and O–H groups in total. The van der Waals surface area contributed by atoms with Crippen LogP contribution in [0.1, 0.15) is 71.7 Å². The summed E-state index contributed by atoms with van der Waals surface area (Å²) in [6, 6.07) is 7.20. The van der Waals surface area contributed by atoms with Crippen molar-refractivity contribution in [3.63, 3.8) is 0 Å². The SMILES string of the molecule is Cc1nc2c(cc(C(=O)NCc3c(F)cccc3Cl)n2C)c(-c2cc(F)c3c(c2C)CCCO3)c1[C@H](OC(C)(C)C)C(=O)O. The van der Waals surface area contributed by atoms with Crippen LogP contribution < -0.4 is 10.1 Å². The molecule has 11 heteroatoms. The Labute approximate surface area is 258 Å². The molecule has 0 aliphatic carbocycles. The van der Waals surface area contributed by atoms with Crippen LogP contribution in [0.5, 0.6) is 5.75 Å². The number of benzene rings is 2. The van der Waals surface area contributed by atoms with Crippen LogP contribution in [-0.4, -0.2) is 38.7 Å². The second-order valence-corrected chi connectivity index (χ2v) is 12.3. The van der Waals surface area contributed by atoms with Crippen LogP contribution in [0.4, 0.5) is 8.78 Å². The largest absolute Gasteiger partial charge is 0.490 e. The Hall–Kier alpha value is -4.02. The molecule has 1 aliphatic rings. The molecule has 5 rings (SSSR count). The van der Waals surface area contributed by atoms with E-state index in [0.29, 0.717) is 52.9 Å². The number of ether oxygens (including phenoxy) is 2. The summed E-state index contributed by atoms with van der Waals surface area (Å²) in [6.45, 7) is 9.01. The zero-order valence-electron chi connectivity index (χ0n) is 25.4. The average Bonchev–Trinajstić information content (AvgIpc) is 3.28. The van der Waals surface area contributed by atoms with Crippen LogP contribution in [-0.2, 0) is 29.5 Å². The molecular formula is C33H34ClF2N3O5. The highest BCUT2D eigenvalue weighted by atomic mass is 35.5. The van der Waals surface area contributed by atoms with Gasteiger partial charge in [0.2, 0.25) is 0 Å². The number of rotatable bonds is 7. The van der Waals surface area contributed by atoms with Gasteiger partial charge in [0.25, 0.3) is 5.91 Å². The first kappa shape index (κ1) is 31.4. The lowest BCUT2D eigenvalue weighted by atomic mass is 9.86. The molecule has 0 unspecified atom stereocenters. The molecule has 2 aromatic carbocycles. The highest BCUT2D eigenvalue weighted by Crippen LogP contribution is 2.44. The Balaban J connectivity index is 1.75. The maximum Gasteiger partial charge on any atom is 0.337 e. The maximum absolute atomic E-state index is 15.6. The van der Waals surface area contributed by atoms with Crippen LogP contribution in [0.15, 0.2) is 30.3 Å². The van der Waals surface area contributed by atoms with Crippen molar-refractivity contribution in [3.8, 4) is 16.9 Å². The molecule has 4 aromatic rings. The lowest BCUT2D eigenvalue weighted by molar-refractivity contribution is -0.160. The van der Waals surface area contributed by atoms with Crippen LogP contribution in [0.25, 0.3) is 22.2 Å². The number of carboxylic acid groups (broad SMARTS) is 1. The molecule has 2 aromatic heterocycles. The summed E-state index contributed by atoms with van der Waals surface area (Å²) in [4.78, 5) is 30.9. The Kier molecular flexibility index (Phi) is 8.43. The van der Waals surface area contributed by atoms with E-state index in [1.807, 2.05) is 6.92 Å². The van der Waals surface area contributed by atoms with E-state index in [2.05, 4.69) is 5.32 Å². The number of hydrogen-bond acceptors (Lipinski definition) is 5. The van der Waals surface area contributed by atoms with Gasteiger partial charge in [-0.15, -0.1) is 0 Å². The molecule has 1 amide bonds. The van der Waals surface area contributed by atoms with Crippen molar-refractivity contribution in [1.82, 2.24) is 14.9 Å². The fourth-order valence-corrected chi connectivity index (χ4v) is 5.98. The van der Waals surface area contributed by atoms with Gasteiger partial charge in [0.15, 0.2) is 17.7 Å². The minimum absolute atomic E-state index is 0.143. The van der Waals surface area contributed by atoms with E-state index in [1.54, 1.807) is 45.4 Å². The number of carbonyl (C=O) groups is 2. The number of fused-ring (bicyclic) bond motifs is 2. The van der Waals surface area contributed by atoms with Crippen LogP contribution in [0.2, 0.25) is 5.02 Å². The van der Waals surface area contributed by atoms with Crippen LogP contribution >= 0.6 is 11.6 Å². The summed E-state index contributed by atoms with van der Waals surface area (Å²) in [7, 11) is 1.65. The second kappa shape index (κ2) is 11.8. The van der Waals surface area contributed by atoms with E-state index in [9.17, 15) is 19.1 Å². The number of aliphatic carboxylic acids is 1. The van der Waals surface area contributed by atoms with E-state index in [0.717, 1.165) is 5.56 Å². The first-order chi connectivity index (χ1) is 20.7. The number of hydrogen-bond donors (Lipinski definition) is 2. The highest BCUT2D eigenvalue weighted by molar-refractivity contribution is 6.31. The van der Waals surface area contributed by atoms with Gasteiger partial charge >= 0.3 is 5.97 Å². The van der Waals surface area contributed by atoms with E-state index < -0.39 is 35.2 Å². The van der Waals surface area contributed by atoms with Crippen molar-refractivity contribution >= 4 is 34.5 Å². The molecular weight excluding hydrogens is 592 g/mol. The maximum atomic E-state index is 15.6. The van der Waals surface area contributed by atoms with Gasteiger partial charge in [-0.05, 0) is 82.9 Å². The third-order valence-electron chi connectivity index (χ3n) is 7.79.